The van der Waals surface area contributed by atoms with Crippen LogP contribution in [0, 0.1) is 5.92 Å². The van der Waals surface area contributed by atoms with Crippen LogP contribution < -0.4 is 0 Å². The number of Topliss-reactive ketones (excluding diaryl/α,β-unsaturated/α-hetero) is 1. The fourth-order valence-corrected chi connectivity index (χ4v) is 1.62. The Hall–Kier alpha value is -0.900. The van der Waals surface area contributed by atoms with Gasteiger partial charge in [0.25, 0.3) is 0 Å². The molecule has 0 aromatic rings. The van der Waals surface area contributed by atoms with Gasteiger partial charge in [-0.2, -0.15) is 0 Å². The first-order chi connectivity index (χ1) is 6.13. The Morgan fingerprint density at radius 3 is 2.54 bits per heavy atom. The molecule has 0 aliphatic carbocycles. The summed E-state index contributed by atoms with van der Waals surface area (Å²) in [6.45, 7) is 1.87. The summed E-state index contributed by atoms with van der Waals surface area (Å²) in [7, 11) is 0. The summed E-state index contributed by atoms with van der Waals surface area (Å²) in [5, 5.41) is 8.80. The summed E-state index contributed by atoms with van der Waals surface area (Å²) in [5.74, 6) is -2.36. The van der Waals surface area contributed by atoms with E-state index in [1.165, 1.54) is 6.92 Å². The van der Waals surface area contributed by atoms with E-state index < -0.39 is 18.0 Å². The summed E-state index contributed by atoms with van der Waals surface area (Å²) in [6.07, 6.45) is 2.17. The Balaban J connectivity index is 2.62. The monoisotopic (exact) mass is 186 g/mol. The summed E-state index contributed by atoms with van der Waals surface area (Å²) < 4.78 is 5.26. The highest BCUT2D eigenvalue weighted by Gasteiger charge is 2.33. The third-order valence-electron chi connectivity index (χ3n) is 2.29. The zero-order valence-corrected chi connectivity index (χ0v) is 7.66. The van der Waals surface area contributed by atoms with Crippen LogP contribution in [0.4, 0.5) is 0 Å². The van der Waals surface area contributed by atoms with Crippen molar-refractivity contribution < 1.29 is 19.4 Å². The highest BCUT2D eigenvalue weighted by Crippen LogP contribution is 2.21. The van der Waals surface area contributed by atoms with Crippen molar-refractivity contribution >= 4 is 11.8 Å². The van der Waals surface area contributed by atoms with Crippen LogP contribution in [0.2, 0.25) is 0 Å². The number of rotatable bonds is 3. The van der Waals surface area contributed by atoms with Gasteiger partial charge in [-0.15, -0.1) is 0 Å². The number of carbonyl (C=O) groups excluding carboxylic acids is 1. The lowest BCUT2D eigenvalue weighted by Crippen LogP contribution is -2.37. The summed E-state index contributed by atoms with van der Waals surface area (Å²) in [5.41, 5.74) is 0. The van der Waals surface area contributed by atoms with Crippen molar-refractivity contribution in [3.63, 3.8) is 0 Å². The predicted molar refractivity (Wildman–Crippen MR) is 45.4 cm³/mol. The lowest BCUT2D eigenvalue weighted by atomic mass is 9.93. The Labute approximate surface area is 76.9 Å². The van der Waals surface area contributed by atoms with Gasteiger partial charge in [-0.05, 0) is 26.2 Å². The van der Waals surface area contributed by atoms with E-state index in [1.807, 2.05) is 0 Å². The average molecular weight is 186 g/mol. The molecule has 1 rings (SSSR count). The van der Waals surface area contributed by atoms with Crippen LogP contribution in [0.1, 0.15) is 26.2 Å². The summed E-state index contributed by atoms with van der Waals surface area (Å²) in [4.78, 5) is 21.8. The standard InChI is InChI=1S/C9H14O4/c1-6(10)8(9(11)12)7-4-2-3-5-13-7/h7-8H,2-5H2,1H3,(H,11,12). The minimum atomic E-state index is -1.07. The highest BCUT2D eigenvalue weighted by molar-refractivity contribution is 5.97. The molecule has 4 nitrogen and oxygen atoms in total. The van der Waals surface area contributed by atoms with Gasteiger partial charge in [0, 0.05) is 6.61 Å². The van der Waals surface area contributed by atoms with E-state index in [0.717, 1.165) is 12.8 Å². The maximum absolute atomic E-state index is 11.0. The molecule has 0 aromatic heterocycles. The number of carboxylic acid groups (broad SMARTS) is 1. The van der Waals surface area contributed by atoms with E-state index >= 15 is 0 Å². The minimum Gasteiger partial charge on any atom is -0.481 e. The number of carboxylic acids is 1. The van der Waals surface area contributed by atoms with Crippen molar-refractivity contribution in [2.24, 2.45) is 5.92 Å². The summed E-state index contributed by atoms with van der Waals surface area (Å²) >= 11 is 0. The molecule has 1 aliphatic heterocycles. The fourth-order valence-electron chi connectivity index (χ4n) is 1.62. The Morgan fingerprint density at radius 2 is 2.15 bits per heavy atom. The first-order valence-corrected chi connectivity index (χ1v) is 4.48. The Kier molecular flexibility index (Phi) is 3.42. The van der Waals surface area contributed by atoms with Crippen LogP contribution in [0.3, 0.4) is 0 Å². The van der Waals surface area contributed by atoms with E-state index in [0.29, 0.717) is 13.0 Å². The molecule has 0 bridgehead atoms. The van der Waals surface area contributed by atoms with Crippen molar-refractivity contribution in [3.05, 3.63) is 0 Å². The van der Waals surface area contributed by atoms with Crippen LogP contribution in [-0.4, -0.2) is 29.6 Å². The van der Waals surface area contributed by atoms with Crippen LogP contribution in [0.25, 0.3) is 0 Å². The zero-order valence-electron chi connectivity index (χ0n) is 7.66. The molecule has 1 aliphatic rings. The molecule has 2 atom stereocenters. The first-order valence-electron chi connectivity index (χ1n) is 4.48. The number of ether oxygens (including phenoxy) is 1. The second kappa shape index (κ2) is 4.37. The van der Waals surface area contributed by atoms with Gasteiger partial charge in [-0.1, -0.05) is 0 Å². The van der Waals surface area contributed by atoms with Gasteiger partial charge in [-0.25, -0.2) is 0 Å². The molecule has 1 heterocycles. The minimum absolute atomic E-state index is 0.320. The molecular weight excluding hydrogens is 172 g/mol. The van der Waals surface area contributed by atoms with Crippen molar-refractivity contribution in [1.82, 2.24) is 0 Å². The second-order valence-electron chi connectivity index (χ2n) is 3.33. The lowest BCUT2D eigenvalue weighted by Gasteiger charge is -2.26. The van der Waals surface area contributed by atoms with Crippen LogP contribution in [0.15, 0.2) is 0 Å². The quantitative estimate of drug-likeness (QED) is 0.663. The van der Waals surface area contributed by atoms with Gasteiger partial charge in [-0.3, -0.25) is 9.59 Å². The summed E-state index contributed by atoms with van der Waals surface area (Å²) in [6, 6.07) is 0. The number of hydrogen-bond donors (Lipinski definition) is 1. The topological polar surface area (TPSA) is 63.6 Å². The molecule has 2 unspecified atom stereocenters. The highest BCUT2D eigenvalue weighted by atomic mass is 16.5. The van der Waals surface area contributed by atoms with Gasteiger partial charge >= 0.3 is 5.97 Å². The number of carbonyl (C=O) groups is 2. The van der Waals surface area contributed by atoms with E-state index in [2.05, 4.69) is 0 Å². The van der Waals surface area contributed by atoms with Crippen LogP contribution in [-0.2, 0) is 14.3 Å². The smallest absolute Gasteiger partial charge is 0.316 e. The van der Waals surface area contributed by atoms with E-state index in [1.54, 1.807) is 0 Å². The molecule has 0 amide bonds. The van der Waals surface area contributed by atoms with Crippen molar-refractivity contribution in [2.45, 2.75) is 32.3 Å². The molecule has 4 heteroatoms. The van der Waals surface area contributed by atoms with Gasteiger partial charge in [0.05, 0.1) is 6.10 Å². The SMILES string of the molecule is CC(=O)C(C(=O)O)C1CCCCO1. The van der Waals surface area contributed by atoms with E-state index in [4.69, 9.17) is 9.84 Å². The molecule has 1 saturated heterocycles. The Morgan fingerprint density at radius 1 is 1.46 bits per heavy atom. The fraction of sp³-hybridized carbons (Fsp3) is 0.778. The van der Waals surface area contributed by atoms with E-state index in [9.17, 15) is 9.59 Å². The third kappa shape index (κ3) is 2.52. The van der Waals surface area contributed by atoms with Crippen molar-refractivity contribution in [2.75, 3.05) is 6.61 Å². The van der Waals surface area contributed by atoms with Crippen molar-refractivity contribution in [1.29, 1.82) is 0 Å². The molecule has 13 heavy (non-hydrogen) atoms. The number of ketones is 1. The van der Waals surface area contributed by atoms with Crippen LogP contribution in [0.5, 0.6) is 0 Å². The number of hydrogen-bond acceptors (Lipinski definition) is 3. The normalized spacial score (nSPS) is 25.2. The molecule has 0 spiro atoms. The van der Waals surface area contributed by atoms with E-state index in [-0.39, 0.29) is 5.78 Å². The van der Waals surface area contributed by atoms with Crippen LogP contribution >= 0.6 is 0 Å². The molecule has 0 aromatic carbocycles. The number of aliphatic carboxylic acids is 1. The maximum atomic E-state index is 11.0. The molecule has 74 valence electrons. The van der Waals surface area contributed by atoms with Gasteiger partial charge in [0.1, 0.15) is 11.7 Å². The first kappa shape index (κ1) is 10.2. The largest absolute Gasteiger partial charge is 0.481 e. The predicted octanol–water partition coefficient (Wildman–Crippen LogP) is 0.845. The zero-order chi connectivity index (χ0) is 9.84. The molecule has 0 saturated carbocycles. The molecule has 1 N–H and O–H groups in total. The van der Waals surface area contributed by atoms with Gasteiger partial charge in [0.15, 0.2) is 0 Å². The second-order valence-corrected chi connectivity index (χ2v) is 3.33. The average Bonchev–Trinajstić information content (AvgIpc) is 2.04. The molecular formula is C9H14O4. The van der Waals surface area contributed by atoms with Gasteiger partial charge < -0.3 is 9.84 Å². The molecule has 1 fully saturated rings. The Bertz CT molecular complexity index is 192. The third-order valence-corrected chi connectivity index (χ3v) is 2.29. The van der Waals surface area contributed by atoms with Crippen molar-refractivity contribution in [3.8, 4) is 0 Å². The maximum Gasteiger partial charge on any atom is 0.316 e. The van der Waals surface area contributed by atoms with Gasteiger partial charge in [0.2, 0.25) is 0 Å². The molecule has 0 radical (unpaired) electrons. The lowest BCUT2D eigenvalue weighted by molar-refractivity contribution is -0.154.